The molecule has 1 aromatic heterocycles. The number of likely N-dealkylation sites (tertiary alicyclic amines) is 1. The van der Waals surface area contributed by atoms with Gasteiger partial charge in [0.25, 0.3) is 5.91 Å². The van der Waals surface area contributed by atoms with Gasteiger partial charge in [-0.1, -0.05) is 18.2 Å². The van der Waals surface area contributed by atoms with Crippen LogP contribution >= 0.6 is 11.3 Å². The first-order chi connectivity index (χ1) is 16.9. The Hall–Kier alpha value is -2.33. The first kappa shape index (κ1) is 25.8. The Bertz CT molecular complexity index is 963. The SMILES string of the molecule is COCCN(Cc1ccc(F)cc1)C1CC(C(=O)NC2CCC(N)CC2)N(C(=O)c2cccs2)C1. The van der Waals surface area contributed by atoms with Gasteiger partial charge in [0.15, 0.2) is 0 Å². The largest absolute Gasteiger partial charge is 0.383 e. The lowest BCUT2D eigenvalue weighted by atomic mass is 9.91. The van der Waals surface area contributed by atoms with E-state index in [9.17, 15) is 14.0 Å². The van der Waals surface area contributed by atoms with Crippen LogP contribution in [0.25, 0.3) is 0 Å². The molecular weight excluding hydrogens is 467 g/mol. The van der Waals surface area contributed by atoms with Crippen LogP contribution in [0.2, 0.25) is 0 Å². The van der Waals surface area contributed by atoms with Crippen LogP contribution in [0.3, 0.4) is 0 Å². The van der Waals surface area contributed by atoms with Crippen LogP contribution < -0.4 is 11.1 Å². The number of hydrogen-bond acceptors (Lipinski definition) is 6. The molecule has 7 nitrogen and oxygen atoms in total. The summed E-state index contributed by atoms with van der Waals surface area (Å²) in [6, 6.07) is 9.87. The van der Waals surface area contributed by atoms with Gasteiger partial charge in [-0.3, -0.25) is 14.5 Å². The van der Waals surface area contributed by atoms with Crippen molar-refractivity contribution in [2.45, 2.75) is 62.8 Å². The maximum atomic E-state index is 13.4. The van der Waals surface area contributed by atoms with Crippen molar-refractivity contribution in [3.8, 4) is 0 Å². The lowest BCUT2D eigenvalue weighted by Gasteiger charge is -2.29. The molecule has 0 bridgehead atoms. The molecule has 0 spiro atoms. The third-order valence-corrected chi connectivity index (χ3v) is 7.95. The molecule has 1 aliphatic heterocycles. The molecule has 1 aliphatic carbocycles. The van der Waals surface area contributed by atoms with Crippen molar-refractivity contribution in [3.05, 3.63) is 58.0 Å². The van der Waals surface area contributed by atoms with Crippen molar-refractivity contribution >= 4 is 23.2 Å². The van der Waals surface area contributed by atoms with Crippen molar-refractivity contribution in [2.75, 3.05) is 26.8 Å². The Morgan fingerprint density at radius 2 is 1.94 bits per heavy atom. The predicted molar refractivity (Wildman–Crippen MR) is 135 cm³/mol. The van der Waals surface area contributed by atoms with Crippen LogP contribution in [0.4, 0.5) is 4.39 Å². The van der Waals surface area contributed by atoms with Gasteiger partial charge in [0.2, 0.25) is 5.91 Å². The number of halogens is 1. The Kier molecular flexibility index (Phi) is 8.89. The average molecular weight is 503 g/mol. The van der Waals surface area contributed by atoms with Gasteiger partial charge >= 0.3 is 0 Å². The predicted octanol–water partition coefficient (Wildman–Crippen LogP) is 3.01. The van der Waals surface area contributed by atoms with Gasteiger partial charge in [0.05, 0.1) is 11.5 Å². The van der Waals surface area contributed by atoms with Crippen LogP contribution in [0.1, 0.15) is 47.3 Å². The van der Waals surface area contributed by atoms with Gasteiger partial charge in [-0.25, -0.2) is 4.39 Å². The number of methoxy groups -OCH3 is 1. The molecule has 2 aliphatic rings. The molecule has 2 atom stereocenters. The van der Waals surface area contributed by atoms with Crippen LogP contribution in [0.15, 0.2) is 41.8 Å². The van der Waals surface area contributed by atoms with Crippen molar-refractivity contribution in [1.82, 2.24) is 15.1 Å². The van der Waals surface area contributed by atoms with E-state index in [0.29, 0.717) is 37.5 Å². The van der Waals surface area contributed by atoms with Crippen LogP contribution in [0, 0.1) is 5.82 Å². The molecule has 35 heavy (non-hydrogen) atoms. The molecule has 9 heteroatoms. The van der Waals surface area contributed by atoms with Crippen molar-refractivity contribution in [2.24, 2.45) is 5.73 Å². The summed E-state index contributed by atoms with van der Waals surface area (Å²) in [6.07, 6.45) is 4.08. The second kappa shape index (κ2) is 12.1. The van der Waals surface area contributed by atoms with E-state index >= 15 is 0 Å². The molecule has 4 rings (SSSR count). The number of ether oxygens (including phenoxy) is 1. The summed E-state index contributed by atoms with van der Waals surface area (Å²) in [5.74, 6) is -0.473. The molecule has 2 heterocycles. The van der Waals surface area contributed by atoms with Gasteiger partial charge in [-0.15, -0.1) is 11.3 Å². The quantitative estimate of drug-likeness (QED) is 0.551. The van der Waals surface area contributed by atoms with Gasteiger partial charge in [0, 0.05) is 44.9 Å². The number of benzene rings is 1. The summed E-state index contributed by atoms with van der Waals surface area (Å²) in [6.45, 7) is 2.21. The van der Waals surface area contributed by atoms with Crippen molar-refractivity contribution < 1.29 is 18.7 Å². The first-order valence-electron chi connectivity index (χ1n) is 12.3. The Balaban J connectivity index is 1.51. The average Bonchev–Trinajstić information content (AvgIpc) is 3.55. The summed E-state index contributed by atoms with van der Waals surface area (Å²) < 4.78 is 18.8. The molecule has 2 aromatic rings. The number of carbonyl (C=O) groups excluding carboxylic acids is 2. The summed E-state index contributed by atoms with van der Waals surface area (Å²) in [4.78, 5) is 31.4. The zero-order valence-corrected chi connectivity index (χ0v) is 21.0. The molecule has 2 amide bonds. The normalized spacial score (nSPS) is 24.6. The van der Waals surface area contributed by atoms with Crippen molar-refractivity contribution in [3.63, 3.8) is 0 Å². The first-order valence-corrected chi connectivity index (χ1v) is 13.2. The molecular formula is C26H35FN4O3S. The lowest BCUT2D eigenvalue weighted by molar-refractivity contribution is -0.125. The van der Waals surface area contributed by atoms with Gasteiger partial charge in [0.1, 0.15) is 11.9 Å². The van der Waals surface area contributed by atoms with E-state index in [1.165, 1.54) is 23.5 Å². The highest BCUT2D eigenvalue weighted by atomic mass is 32.1. The fourth-order valence-corrected chi connectivity index (χ4v) is 5.76. The molecule has 190 valence electrons. The second-order valence-corrected chi connectivity index (χ2v) is 10.5. The molecule has 0 radical (unpaired) electrons. The highest BCUT2D eigenvalue weighted by Crippen LogP contribution is 2.28. The minimum Gasteiger partial charge on any atom is -0.383 e. The minimum atomic E-state index is -0.538. The topological polar surface area (TPSA) is 87.9 Å². The number of nitrogens with zero attached hydrogens (tertiary/aromatic N) is 2. The van der Waals surface area contributed by atoms with E-state index in [2.05, 4.69) is 10.2 Å². The molecule has 1 aromatic carbocycles. The zero-order valence-electron chi connectivity index (χ0n) is 20.2. The molecule has 2 unspecified atom stereocenters. The highest BCUT2D eigenvalue weighted by Gasteiger charge is 2.42. The maximum Gasteiger partial charge on any atom is 0.264 e. The second-order valence-electron chi connectivity index (χ2n) is 9.55. The van der Waals surface area contributed by atoms with E-state index in [0.717, 1.165) is 31.2 Å². The van der Waals surface area contributed by atoms with Gasteiger partial charge < -0.3 is 20.7 Å². The number of hydrogen-bond donors (Lipinski definition) is 2. The van der Waals surface area contributed by atoms with E-state index < -0.39 is 6.04 Å². The summed E-state index contributed by atoms with van der Waals surface area (Å²) in [5, 5.41) is 5.08. The summed E-state index contributed by atoms with van der Waals surface area (Å²) in [5.41, 5.74) is 7.00. The third-order valence-electron chi connectivity index (χ3n) is 7.09. The fraction of sp³-hybridized carbons (Fsp3) is 0.538. The molecule has 3 N–H and O–H groups in total. The summed E-state index contributed by atoms with van der Waals surface area (Å²) >= 11 is 1.39. The van der Waals surface area contributed by atoms with E-state index in [1.807, 2.05) is 11.4 Å². The number of carbonyl (C=O) groups is 2. The molecule has 1 saturated heterocycles. The van der Waals surface area contributed by atoms with Crippen molar-refractivity contribution in [1.29, 1.82) is 0 Å². The third kappa shape index (κ3) is 6.67. The standard InChI is InChI=1S/C26H35FN4O3S/c1-34-13-12-30(16-18-4-6-19(27)7-5-18)22-15-23(25(32)29-21-10-8-20(28)9-11-21)31(17-22)26(33)24-3-2-14-35-24/h2-7,14,20-23H,8-13,15-17,28H2,1H3,(H,29,32). The Morgan fingerprint density at radius 3 is 2.60 bits per heavy atom. The van der Waals surface area contributed by atoms with E-state index in [4.69, 9.17) is 10.5 Å². The minimum absolute atomic E-state index is 0.0188. The Morgan fingerprint density at radius 1 is 1.20 bits per heavy atom. The highest BCUT2D eigenvalue weighted by molar-refractivity contribution is 7.12. The lowest BCUT2D eigenvalue weighted by Crippen LogP contribution is -2.50. The van der Waals surface area contributed by atoms with Crippen LogP contribution in [-0.2, 0) is 16.1 Å². The number of amides is 2. The molecule has 1 saturated carbocycles. The monoisotopic (exact) mass is 502 g/mol. The smallest absolute Gasteiger partial charge is 0.264 e. The maximum absolute atomic E-state index is 13.4. The van der Waals surface area contributed by atoms with Crippen LogP contribution in [0.5, 0.6) is 0 Å². The van der Waals surface area contributed by atoms with E-state index in [-0.39, 0.29) is 35.8 Å². The fourth-order valence-electron chi connectivity index (χ4n) is 5.08. The number of rotatable bonds is 9. The van der Waals surface area contributed by atoms with Gasteiger partial charge in [-0.05, 0) is 61.2 Å². The number of thiophene rings is 1. The van der Waals surface area contributed by atoms with Crippen LogP contribution in [-0.4, -0.2) is 72.6 Å². The van der Waals surface area contributed by atoms with Gasteiger partial charge in [-0.2, -0.15) is 0 Å². The zero-order chi connectivity index (χ0) is 24.8. The molecule has 2 fully saturated rings. The number of nitrogens with two attached hydrogens (primary N) is 1. The summed E-state index contributed by atoms with van der Waals surface area (Å²) in [7, 11) is 1.66. The van der Waals surface area contributed by atoms with E-state index in [1.54, 1.807) is 30.2 Å². The Labute approximate surface area is 210 Å². The number of nitrogens with one attached hydrogen (secondary N) is 1.